The summed E-state index contributed by atoms with van der Waals surface area (Å²) in [4.78, 5) is 0. The molecule has 2 N–H and O–H groups in total. The van der Waals surface area contributed by atoms with Crippen LogP contribution in [0.25, 0.3) is 5.69 Å². The lowest BCUT2D eigenvalue weighted by Gasteiger charge is -2.04. The van der Waals surface area contributed by atoms with Gasteiger partial charge in [0.15, 0.2) is 5.69 Å². The van der Waals surface area contributed by atoms with Crippen molar-refractivity contribution in [3.05, 3.63) is 41.7 Å². The largest absolute Gasteiger partial charge is 0.435 e. The number of hydrogen-bond acceptors (Lipinski definition) is 2. The molecule has 0 aliphatic heterocycles. The second-order valence-corrected chi connectivity index (χ2v) is 3.67. The zero-order valence-electron chi connectivity index (χ0n) is 11.0. The molecule has 19 heavy (non-hydrogen) atoms. The van der Waals surface area contributed by atoms with Crippen LogP contribution in [0, 0.1) is 6.92 Å². The number of nitrogens with zero attached hydrogens (tertiary/aromatic N) is 2. The number of aromatic nitrogens is 2. The van der Waals surface area contributed by atoms with Crippen molar-refractivity contribution >= 4 is 5.69 Å². The lowest BCUT2D eigenvalue weighted by Crippen LogP contribution is -2.07. The highest BCUT2D eigenvalue weighted by Gasteiger charge is 2.34. The van der Waals surface area contributed by atoms with Crippen molar-refractivity contribution in [3.8, 4) is 5.69 Å². The highest BCUT2D eigenvalue weighted by atomic mass is 19.4. The molecule has 3 nitrogen and oxygen atoms in total. The molecule has 1 aromatic heterocycles. The lowest BCUT2D eigenvalue weighted by atomic mass is 10.3. The quantitative estimate of drug-likeness (QED) is 0.801. The van der Waals surface area contributed by atoms with Crippen molar-refractivity contribution < 1.29 is 13.2 Å². The summed E-state index contributed by atoms with van der Waals surface area (Å²) in [6.07, 6.45) is -4.43. The van der Waals surface area contributed by atoms with E-state index in [1.54, 1.807) is 31.2 Å². The van der Waals surface area contributed by atoms with Gasteiger partial charge in [0.2, 0.25) is 0 Å². The van der Waals surface area contributed by atoms with Crippen molar-refractivity contribution in [1.82, 2.24) is 9.78 Å². The minimum absolute atomic E-state index is 0.419. The van der Waals surface area contributed by atoms with Crippen molar-refractivity contribution in [2.24, 2.45) is 0 Å². The minimum atomic E-state index is -4.43. The molecule has 0 bridgehead atoms. The average molecular weight is 271 g/mol. The second kappa shape index (κ2) is 5.77. The van der Waals surface area contributed by atoms with Gasteiger partial charge in [-0.3, -0.25) is 0 Å². The normalized spacial score (nSPS) is 10.8. The van der Waals surface area contributed by atoms with Crippen LogP contribution in [0.5, 0.6) is 0 Å². The summed E-state index contributed by atoms with van der Waals surface area (Å²) >= 11 is 0. The predicted molar refractivity (Wildman–Crippen MR) is 69.1 cm³/mol. The van der Waals surface area contributed by atoms with Crippen molar-refractivity contribution in [2.75, 3.05) is 5.73 Å². The van der Waals surface area contributed by atoms with Gasteiger partial charge in [-0.15, -0.1) is 0 Å². The summed E-state index contributed by atoms with van der Waals surface area (Å²) in [6.45, 7) is 5.57. The van der Waals surface area contributed by atoms with E-state index >= 15 is 0 Å². The lowest BCUT2D eigenvalue weighted by molar-refractivity contribution is -0.141. The van der Waals surface area contributed by atoms with E-state index < -0.39 is 11.9 Å². The first-order valence-corrected chi connectivity index (χ1v) is 5.88. The Morgan fingerprint density at radius 3 is 2.05 bits per heavy atom. The zero-order chi connectivity index (χ0) is 14.6. The number of nitrogen functional groups attached to an aromatic ring is 1. The molecule has 0 radical (unpaired) electrons. The number of nitrogens with two attached hydrogens (primary N) is 1. The third kappa shape index (κ3) is 3.49. The maximum Gasteiger partial charge on any atom is 0.435 e. The molecule has 2 rings (SSSR count). The predicted octanol–water partition coefficient (Wildman–Crippen LogP) is 3.81. The third-order valence-electron chi connectivity index (χ3n) is 2.32. The molecule has 1 heterocycles. The van der Waals surface area contributed by atoms with Crippen molar-refractivity contribution in [2.45, 2.75) is 26.9 Å². The van der Waals surface area contributed by atoms with Gasteiger partial charge in [-0.05, 0) is 37.3 Å². The monoisotopic (exact) mass is 271 g/mol. The number of anilines is 1. The van der Waals surface area contributed by atoms with Gasteiger partial charge in [0.25, 0.3) is 0 Å². The molecule has 6 heteroatoms. The van der Waals surface area contributed by atoms with E-state index in [0.717, 1.165) is 6.07 Å². The number of halogens is 3. The first kappa shape index (κ1) is 15.1. The summed E-state index contributed by atoms with van der Waals surface area (Å²) < 4.78 is 38.6. The molecule has 104 valence electrons. The zero-order valence-corrected chi connectivity index (χ0v) is 11.0. The molecule has 0 atom stereocenters. The molecule has 0 saturated carbocycles. The molecule has 0 aliphatic rings. The van der Waals surface area contributed by atoms with Crippen LogP contribution in [-0.4, -0.2) is 9.78 Å². The first-order chi connectivity index (χ1) is 8.88. The molecule has 0 amide bonds. The Kier molecular flexibility index (Phi) is 4.58. The fourth-order valence-corrected chi connectivity index (χ4v) is 1.49. The number of hydrogen-bond donors (Lipinski definition) is 1. The number of rotatable bonds is 1. The van der Waals surface area contributed by atoms with Gasteiger partial charge < -0.3 is 5.73 Å². The van der Waals surface area contributed by atoms with Crippen molar-refractivity contribution in [1.29, 1.82) is 0 Å². The summed E-state index contributed by atoms with van der Waals surface area (Å²) in [5, 5.41) is 3.53. The van der Waals surface area contributed by atoms with E-state index in [1.807, 2.05) is 13.8 Å². The van der Waals surface area contributed by atoms with E-state index in [2.05, 4.69) is 5.10 Å². The minimum Gasteiger partial charge on any atom is -0.399 e. The maximum absolute atomic E-state index is 12.5. The van der Waals surface area contributed by atoms with Gasteiger partial charge >= 0.3 is 6.18 Å². The smallest absolute Gasteiger partial charge is 0.399 e. The van der Waals surface area contributed by atoms with Crippen LogP contribution < -0.4 is 5.73 Å². The molecule has 0 saturated heterocycles. The molecule has 2 aromatic rings. The molecule has 0 unspecified atom stereocenters. The van der Waals surface area contributed by atoms with Crippen LogP contribution >= 0.6 is 0 Å². The fraction of sp³-hybridized carbons (Fsp3) is 0.308. The number of alkyl halides is 3. The topological polar surface area (TPSA) is 43.8 Å². The van der Waals surface area contributed by atoms with Gasteiger partial charge in [0, 0.05) is 11.4 Å². The highest BCUT2D eigenvalue weighted by Crippen LogP contribution is 2.29. The summed E-state index contributed by atoms with van der Waals surface area (Å²) in [5.74, 6) is 0. The molecule has 0 spiro atoms. The molecular weight excluding hydrogens is 255 g/mol. The van der Waals surface area contributed by atoms with Gasteiger partial charge in [-0.1, -0.05) is 13.8 Å². The van der Waals surface area contributed by atoms with E-state index in [9.17, 15) is 13.2 Å². The van der Waals surface area contributed by atoms with Crippen LogP contribution in [0.3, 0.4) is 0 Å². The number of aryl methyl sites for hydroxylation is 1. The molecule has 1 aromatic carbocycles. The Balaban J connectivity index is 0.000000861. The highest BCUT2D eigenvalue weighted by molar-refractivity contribution is 5.45. The standard InChI is InChI=1S/C11H10F3N3.C2H6/c1-7-6-10(11(12,13)14)16-17(7)9-4-2-8(15)3-5-9;1-2/h2-6H,15H2,1H3;1-2H3. The van der Waals surface area contributed by atoms with Gasteiger partial charge in [-0.2, -0.15) is 18.3 Å². The number of benzene rings is 1. The van der Waals surface area contributed by atoms with Gasteiger partial charge in [0.05, 0.1) is 5.69 Å². The Morgan fingerprint density at radius 2 is 1.63 bits per heavy atom. The Morgan fingerprint density at radius 1 is 1.11 bits per heavy atom. The maximum atomic E-state index is 12.5. The van der Waals surface area contributed by atoms with Crippen molar-refractivity contribution in [3.63, 3.8) is 0 Å². The third-order valence-corrected chi connectivity index (χ3v) is 2.32. The van der Waals surface area contributed by atoms with E-state index in [1.165, 1.54) is 4.68 Å². The van der Waals surface area contributed by atoms with Crippen LogP contribution in [0.2, 0.25) is 0 Å². The van der Waals surface area contributed by atoms with E-state index in [0.29, 0.717) is 17.1 Å². The van der Waals surface area contributed by atoms with Crippen LogP contribution in [0.15, 0.2) is 30.3 Å². The Labute approximate surface area is 109 Å². The summed E-state index contributed by atoms with van der Waals surface area (Å²) in [5.41, 5.74) is 6.13. The SMILES string of the molecule is CC.Cc1cc(C(F)(F)F)nn1-c1ccc(N)cc1. The van der Waals surface area contributed by atoms with Crippen LogP contribution in [0.4, 0.5) is 18.9 Å². The van der Waals surface area contributed by atoms with Crippen LogP contribution in [0.1, 0.15) is 25.2 Å². The Bertz CT molecular complexity index is 527. The summed E-state index contributed by atoms with van der Waals surface area (Å²) in [7, 11) is 0. The summed E-state index contributed by atoms with van der Waals surface area (Å²) in [6, 6.07) is 7.48. The second-order valence-electron chi connectivity index (χ2n) is 3.67. The molecule has 0 aliphatic carbocycles. The molecular formula is C13H16F3N3. The molecule has 0 fully saturated rings. The fourth-order valence-electron chi connectivity index (χ4n) is 1.49. The van der Waals surface area contributed by atoms with Gasteiger partial charge in [-0.25, -0.2) is 4.68 Å². The van der Waals surface area contributed by atoms with Gasteiger partial charge in [0.1, 0.15) is 0 Å². The van der Waals surface area contributed by atoms with E-state index in [4.69, 9.17) is 5.73 Å². The Hall–Kier alpha value is -1.98. The average Bonchev–Trinajstić information content (AvgIpc) is 2.75. The first-order valence-electron chi connectivity index (χ1n) is 5.88. The van der Waals surface area contributed by atoms with E-state index in [-0.39, 0.29) is 0 Å². The van der Waals surface area contributed by atoms with Crippen LogP contribution in [-0.2, 0) is 6.18 Å².